The molecule has 0 aliphatic heterocycles. The number of benzene rings is 2. The molecule has 2 nitrogen and oxygen atoms in total. The van der Waals surface area contributed by atoms with E-state index in [9.17, 15) is 5.21 Å². The molecule has 1 radical (unpaired) electrons. The van der Waals surface area contributed by atoms with Crippen molar-refractivity contribution >= 4 is 11.4 Å². The van der Waals surface area contributed by atoms with Crippen molar-refractivity contribution in [2.24, 2.45) is 0 Å². The Morgan fingerprint density at radius 1 is 0.857 bits per heavy atom. The van der Waals surface area contributed by atoms with Gasteiger partial charge in [0.1, 0.15) is 0 Å². The molecule has 0 aromatic heterocycles. The van der Waals surface area contributed by atoms with Crippen LogP contribution < -0.4 is 5.06 Å². The maximum Gasteiger partial charge on any atom is 0.0726 e. The van der Waals surface area contributed by atoms with Crippen LogP contribution in [-0.2, 0) is 5.21 Å². The molecular weight excluding hydrogens is 174 g/mol. The fraction of sp³-hybridized carbons (Fsp3) is 0. The van der Waals surface area contributed by atoms with Gasteiger partial charge in [-0.15, -0.1) is 0 Å². The van der Waals surface area contributed by atoms with Crippen molar-refractivity contribution in [2.75, 3.05) is 5.06 Å². The summed E-state index contributed by atoms with van der Waals surface area (Å²) in [5, 5.41) is 12.4. The van der Waals surface area contributed by atoms with Gasteiger partial charge in [-0.2, -0.15) is 5.06 Å². The van der Waals surface area contributed by atoms with E-state index in [-0.39, 0.29) is 5.06 Å². The summed E-state index contributed by atoms with van der Waals surface area (Å²) < 4.78 is 60.9. The Balaban J connectivity index is 2.77. The predicted molar refractivity (Wildman–Crippen MR) is 55.7 cm³/mol. The maximum absolute atomic E-state index is 12.4. The van der Waals surface area contributed by atoms with Crippen LogP contribution in [0.4, 0.5) is 11.4 Å². The summed E-state index contributed by atoms with van der Waals surface area (Å²) in [6.45, 7) is 0. The predicted octanol–water partition coefficient (Wildman–Crippen LogP) is 3.17. The molecule has 0 atom stereocenters. The molecule has 0 spiro atoms. The number of hydrogen-bond donors (Lipinski definition) is 0. The highest BCUT2D eigenvalue weighted by atomic mass is 16.5. The summed E-state index contributed by atoms with van der Waals surface area (Å²) in [6.07, 6.45) is 0. The van der Waals surface area contributed by atoms with Gasteiger partial charge in [0.05, 0.1) is 22.3 Å². The molecule has 2 heteroatoms. The molecule has 0 saturated carbocycles. The van der Waals surface area contributed by atoms with E-state index in [1.807, 2.05) is 0 Å². The number of anilines is 2. The van der Waals surface area contributed by atoms with Crippen LogP contribution in [0.15, 0.2) is 60.5 Å². The highest BCUT2D eigenvalue weighted by Crippen LogP contribution is 2.22. The zero-order chi connectivity index (χ0) is 16.8. The molecule has 69 valence electrons. The first-order chi connectivity index (χ1) is 10.2. The Morgan fingerprint density at radius 3 is 1.57 bits per heavy atom. The monoisotopic (exact) mass is 192 g/mol. The fourth-order valence-electron chi connectivity index (χ4n) is 0.867. The van der Waals surface area contributed by atoms with E-state index in [1.165, 1.54) is 0 Å². The van der Waals surface area contributed by atoms with Crippen molar-refractivity contribution in [1.29, 1.82) is 0 Å². The standard InChI is InChI=1S/C12H10NO/c14-13(11-7-3-1-4-8-11)12-9-5-2-6-10-12/h1-10H/i3D,4D,5D,6D,7D,8D,9D,10D. The van der Waals surface area contributed by atoms with E-state index in [2.05, 4.69) is 0 Å². The van der Waals surface area contributed by atoms with E-state index >= 15 is 0 Å². The lowest BCUT2D eigenvalue weighted by molar-refractivity contribution is 0.196. The van der Waals surface area contributed by atoms with Crippen molar-refractivity contribution in [3.05, 3.63) is 60.5 Å². The third-order valence-corrected chi connectivity index (χ3v) is 1.46. The zero-order valence-electron chi connectivity index (χ0n) is 15.0. The smallest absolute Gasteiger partial charge is 0.0726 e. The second kappa shape index (κ2) is 3.94. The number of rotatable bonds is 2. The van der Waals surface area contributed by atoms with Crippen LogP contribution in [0.3, 0.4) is 0 Å². The quantitative estimate of drug-likeness (QED) is 0.670. The second-order valence-corrected chi connectivity index (χ2v) is 2.36. The first-order valence-electron chi connectivity index (χ1n) is 7.78. The number of para-hydroxylation sites is 2. The van der Waals surface area contributed by atoms with Crippen LogP contribution in [0.2, 0.25) is 0 Å². The molecule has 0 amide bonds. The van der Waals surface area contributed by atoms with E-state index in [4.69, 9.17) is 11.0 Å². The van der Waals surface area contributed by atoms with Crippen molar-refractivity contribution < 1.29 is 16.2 Å². The number of hydrogen-bond acceptors (Lipinski definition) is 1. The van der Waals surface area contributed by atoms with Crippen molar-refractivity contribution in [2.45, 2.75) is 0 Å². The highest BCUT2D eigenvalue weighted by Gasteiger charge is 2.04. The lowest BCUT2D eigenvalue weighted by Crippen LogP contribution is -2.07. The largest absolute Gasteiger partial charge is 0.188 e. The lowest BCUT2D eigenvalue weighted by Gasteiger charge is -2.13. The van der Waals surface area contributed by atoms with E-state index in [1.54, 1.807) is 0 Å². The van der Waals surface area contributed by atoms with Gasteiger partial charge in [-0.1, -0.05) is 41.5 Å². The minimum absolute atomic E-state index is 0.0819. The van der Waals surface area contributed by atoms with Crippen molar-refractivity contribution in [3.63, 3.8) is 0 Å². The third-order valence-electron chi connectivity index (χ3n) is 1.46. The van der Waals surface area contributed by atoms with Crippen LogP contribution in [0.25, 0.3) is 0 Å². The average molecular weight is 192 g/mol. The van der Waals surface area contributed by atoms with E-state index < -0.39 is 59.7 Å². The maximum atomic E-state index is 12.4. The Morgan fingerprint density at radius 2 is 1.21 bits per heavy atom. The number of nitrogens with zero attached hydrogens (tertiary/aromatic N) is 1. The summed E-state index contributed by atoms with van der Waals surface area (Å²) in [5.41, 5.74) is -1.30. The summed E-state index contributed by atoms with van der Waals surface area (Å²) >= 11 is 0. The van der Waals surface area contributed by atoms with Crippen LogP contribution in [0.1, 0.15) is 11.0 Å². The van der Waals surface area contributed by atoms with E-state index in [0.717, 1.165) is 12.1 Å². The van der Waals surface area contributed by atoms with Crippen LogP contribution in [0, 0.1) is 0 Å². The molecule has 0 fully saturated rings. The molecule has 0 heterocycles. The first kappa shape index (κ1) is 3.41. The lowest BCUT2D eigenvalue weighted by atomic mass is 10.2. The van der Waals surface area contributed by atoms with Gasteiger partial charge in [-0.25, -0.2) is 0 Å². The first-order valence-corrected chi connectivity index (χ1v) is 3.78. The van der Waals surface area contributed by atoms with Crippen LogP contribution in [0.5, 0.6) is 0 Å². The summed E-state index contributed by atoms with van der Waals surface area (Å²) in [6, 6.07) is -2.33. The second-order valence-electron chi connectivity index (χ2n) is 2.36. The summed E-state index contributed by atoms with van der Waals surface area (Å²) in [5.74, 6) is 0. The van der Waals surface area contributed by atoms with Gasteiger partial charge < -0.3 is 0 Å². The van der Waals surface area contributed by atoms with Crippen molar-refractivity contribution in [3.8, 4) is 0 Å². The van der Waals surface area contributed by atoms with Gasteiger partial charge in [0, 0.05) is 0 Å². The Bertz CT molecular complexity index is 648. The van der Waals surface area contributed by atoms with Gasteiger partial charge in [0.15, 0.2) is 0 Å². The zero-order valence-corrected chi connectivity index (χ0v) is 7.01. The molecule has 2 aromatic carbocycles. The van der Waals surface area contributed by atoms with Gasteiger partial charge in [-0.05, 0) is 24.2 Å². The van der Waals surface area contributed by atoms with Gasteiger partial charge >= 0.3 is 0 Å². The Kier molecular flexibility index (Phi) is 0.958. The average Bonchev–Trinajstić information content (AvgIpc) is 2.44. The van der Waals surface area contributed by atoms with Crippen LogP contribution in [-0.4, -0.2) is 0 Å². The third kappa shape index (κ3) is 1.75. The summed E-state index contributed by atoms with van der Waals surface area (Å²) in [7, 11) is 0. The minimum Gasteiger partial charge on any atom is -0.188 e. The minimum atomic E-state index is -0.649. The normalized spacial score (nSPS) is 17.8. The van der Waals surface area contributed by atoms with Crippen LogP contribution >= 0.6 is 0 Å². The van der Waals surface area contributed by atoms with Gasteiger partial charge in [0.2, 0.25) is 0 Å². The molecule has 14 heavy (non-hydrogen) atoms. The molecule has 0 bridgehead atoms. The highest BCUT2D eigenvalue weighted by molar-refractivity contribution is 5.59. The SMILES string of the molecule is [2H]c1cc([2H])c([2H])c(N([O])c2c([2H])c([2H])cc([2H])c2[2H])c1[2H]. The molecule has 0 N–H and O–H groups in total. The Hall–Kier alpha value is -1.80. The molecule has 2 rings (SSSR count). The molecule has 0 aliphatic rings. The topological polar surface area (TPSA) is 23.1 Å². The van der Waals surface area contributed by atoms with Gasteiger partial charge in [0.25, 0.3) is 0 Å². The van der Waals surface area contributed by atoms with Gasteiger partial charge in [-0.3, -0.25) is 0 Å². The molecule has 0 unspecified atom stereocenters. The fourth-order valence-corrected chi connectivity index (χ4v) is 0.867. The molecule has 0 saturated heterocycles. The van der Waals surface area contributed by atoms with E-state index in [0.29, 0.717) is 0 Å². The molecule has 2 aromatic rings. The summed E-state index contributed by atoms with van der Waals surface area (Å²) in [4.78, 5) is 0. The van der Waals surface area contributed by atoms with Crippen molar-refractivity contribution in [1.82, 2.24) is 0 Å². The molecule has 0 aliphatic carbocycles. The molecular formula is C12H10NO. The Labute approximate surface area is 94.2 Å².